The van der Waals surface area contributed by atoms with Crippen LogP contribution >= 0.6 is 0 Å². The van der Waals surface area contributed by atoms with Crippen molar-refractivity contribution in [3.8, 4) is 0 Å². The van der Waals surface area contributed by atoms with Gasteiger partial charge in [0.1, 0.15) is 6.04 Å². The smallest absolute Gasteiger partial charge is 0.312 e. The second-order valence-electron chi connectivity index (χ2n) is 5.04. The first-order valence-electron chi connectivity index (χ1n) is 7.02. The third kappa shape index (κ3) is 5.43. The molecule has 0 fully saturated rings. The number of carbonyl (C=O) groups excluding carboxylic acids is 2. The number of aliphatic hydroxyl groups is 1. The Kier molecular flexibility index (Phi) is 6.68. The molecule has 0 saturated heterocycles. The summed E-state index contributed by atoms with van der Waals surface area (Å²) in [7, 11) is 0. The van der Waals surface area contributed by atoms with Gasteiger partial charge in [0, 0.05) is 6.54 Å². The number of carbonyl (C=O) groups is 2. The molecule has 0 radical (unpaired) electrons. The molecule has 21 heavy (non-hydrogen) atoms. The van der Waals surface area contributed by atoms with Crippen LogP contribution in [0.5, 0.6) is 0 Å². The minimum atomic E-state index is -0.790. The second-order valence-corrected chi connectivity index (χ2v) is 5.04. The van der Waals surface area contributed by atoms with Gasteiger partial charge in [-0.15, -0.1) is 0 Å². The molecule has 0 aromatic heterocycles. The maximum Gasteiger partial charge on any atom is 0.312 e. The van der Waals surface area contributed by atoms with Crippen LogP contribution in [-0.4, -0.2) is 29.6 Å². The monoisotopic (exact) mass is 293 g/mol. The van der Waals surface area contributed by atoms with Gasteiger partial charge in [-0.2, -0.15) is 0 Å². The van der Waals surface area contributed by atoms with Crippen molar-refractivity contribution in [1.29, 1.82) is 0 Å². The SMILES string of the molecule is CCC(C)C(NC(N)=O)C(=O)NCC(O)c1ccccc1. The van der Waals surface area contributed by atoms with Crippen molar-refractivity contribution in [3.63, 3.8) is 0 Å². The molecular weight excluding hydrogens is 270 g/mol. The van der Waals surface area contributed by atoms with Crippen LogP contribution in [-0.2, 0) is 4.79 Å². The van der Waals surface area contributed by atoms with E-state index in [2.05, 4.69) is 10.6 Å². The van der Waals surface area contributed by atoms with Gasteiger partial charge in [0.25, 0.3) is 0 Å². The maximum absolute atomic E-state index is 12.1. The predicted molar refractivity (Wildman–Crippen MR) is 80.4 cm³/mol. The number of primary amides is 1. The fraction of sp³-hybridized carbons (Fsp3) is 0.467. The van der Waals surface area contributed by atoms with E-state index in [1.54, 1.807) is 12.1 Å². The molecule has 3 atom stereocenters. The number of rotatable bonds is 7. The van der Waals surface area contributed by atoms with Crippen molar-refractivity contribution in [1.82, 2.24) is 10.6 Å². The topological polar surface area (TPSA) is 104 Å². The van der Waals surface area contributed by atoms with Gasteiger partial charge < -0.3 is 21.5 Å². The zero-order valence-electron chi connectivity index (χ0n) is 12.4. The van der Waals surface area contributed by atoms with Gasteiger partial charge in [-0.05, 0) is 11.5 Å². The van der Waals surface area contributed by atoms with Crippen LogP contribution in [0, 0.1) is 5.92 Å². The molecule has 0 bridgehead atoms. The summed E-state index contributed by atoms with van der Waals surface area (Å²) < 4.78 is 0. The van der Waals surface area contributed by atoms with Crippen molar-refractivity contribution < 1.29 is 14.7 Å². The van der Waals surface area contributed by atoms with Crippen LogP contribution < -0.4 is 16.4 Å². The van der Waals surface area contributed by atoms with Crippen molar-refractivity contribution in [3.05, 3.63) is 35.9 Å². The predicted octanol–water partition coefficient (Wildman–Crippen LogP) is 0.919. The third-order valence-corrected chi connectivity index (χ3v) is 3.45. The number of nitrogens with two attached hydrogens (primary N) is 1. The number of nitrogens with one attached hydrogen (secondary N) is 2. The summed E-state index contributed by atoms with van der Waals surface area (Å²) >= 11 is 0. The highest BCUT2D eigenvalue weighted by molar-refractivity contribution is 5.86. The fourth-order valence-electron chi connectivity index (χ4n) is 1.96. The second kappa shape index (κ2) is 8.26. The van der Waals surface area contributed by atoms with E-state index >= 15 is 0 Å². The Bertz CT molecular complexity index is 464. The lowest BCUT2D eigenvalue weighted by Crippen LogP contribution is -2.52. The largest absolute Gasteiger partial charge is 0.387 e. The van der Waals surface area contributed by atoms with E-state index in [0.29, 0.717) is 0 Å². The van der Waals surface area contributed by atoms with Crippen molar-refractivity contribution in [2.75, 3.05) is 6.54 Å². The van der Waals surface area contributed by atoms with Gasteiger partial charge in [0.2, 0.25) is 5.91 Å². The van der Waals surface area contributed by atoms with E-state index in [1.807, 2.05) is 32.0 Å². The Morgan fingerprint density at radius 1 is 1.29 bits per heavy atom. The lowest BCUT2D eigenvalue weighted by molar-refractivity contribution is -0.124. The molecule has 6 nitrogen and oxygen atoms in total. The molecule has 0 aliphatic rings. The Labute approximate surface area is 124 Å². The molecule has 3 amide bonds. The first-order valence-corrected chi connectivity index (χ1v) is 7.02. The van der Waals surface area contributed by atoms with E-state index in [1.165, 1.54) is 0 Å². The molecule has 5 N–H and O–H groups in total. The number of benzene rings is 1. The van der Waals surface area contributed by atoms with Crippen LogP contribution in [0.3, 0.4) is 0 Å². The first-order chi connectivity index (χ1) is 9.95. The summed E-state index contributed by atoms with van der Waals surface area (Å²) in [4.78, 5) is 23.1. The van der Waals surface area contributed by atoms with E-state index < -0.39 is 18.2 Å². The minimum Gasteiger partial charge on any atom is -0.387 e. The van der Waals surface area contributed by atoms with Gasteiger partial charge in [-0.25, -0.2) is 4.79 Å². The summed E-state index contributed by atoms with van der Waals surface area (Å²) in [5.74, 6) is -0.399. The molecule has 0 aliphatic heterocycles. The van der Waals surface area contributed by atoms with Crippen LogP contribution in [0.15, 0.2) is 30.3 Å². The van der Waals surface area contributed by atoms with Crippen molar-refractivity contribution in [2.45, 2.75) is 32.4 Å². The molecule has 0 spiro atoms. The standard InChI is InChI=1S/C15H23N3O3/c1-3-10(2)13(18-15(16)21)14(20)17-9-12(19)11-7-5-4-6-8-11/h4-8,10,12-13,19H,3,9H2,1-2H3,(H,17,20)(H3,16,18,21). The molecule has 1 aromatic carbocycles. The number of urea groups is 1. The molecular formula is C15H23N3O3. The zero-order chi connectivity index (χ0) is 15.8. The van der Waals surface area contributed by atoms with Gasteiger partial charge in [0.05, 0.1) is 6.10 Å². The molecule has 0 saturated carbocycles. The van der Waals surface area contributed by atoms with E-state index in [-0.39, 0.29) is 18.4 Å². The maximum atomic E-state index is 12.1. The highest BCUT2D eigenvalue weighted by Crippen LogP contribution is 2.12. The highest BCUT2D eigenvalue weighted by atomic mass is 16.3. The minimum absolute atomic E-state index is 0.0497. The van der Waals surface area contributed by atoms with Crippen LogP contribution in [0.1, 0.15) is 31.9 Å². The number of amides is 3. The number of hydrogen-bond donors (Lipinski definition) is 4. The molecule has 3 unspecified atom stereocenters. The fourth-order valence-corrected chi connectivity index (χ4v) is 1.96. The molecule has 0 aliphatic carbocycles. The average Bonchev–Trinajstić information content (AvgIpc) is 2.49. The van der Waals surface area contributed by atoms with Crippen LogP contribution in [0.2, 0.25) is 0 Å². The summed E-state index contributed by atoms with van der Waals surface area (Å²) in [6, 6.07) is 7.61. The van der Waals surface area contributed by atoms with Gasteiger partial charge in [0.15, 0.2) is 0 Å². The Morgan fingerprint density at radius 2 is 1.90 bits per heavy atom. The number of aliphatic hydroxyl groups excluding tert-OH is 1. The average molecular weight is 293 g/mol. The van der Waals surface area contributed by atoms with Gasteiger partial charge in [-0.1, -0.05) is 50.6 Å². The Hall–Kier alpha value is -2.08. The highest BCUT2D eigenvalue weighted by Gasteiger charge is 2.25. The molecule has 1 aromatic rings. The van der Waals surface area contributed by atoms with Gasteiger partial charge >= 0.3 is 6.03 Å². The molecule has 6 heteroatoms. The van der Waals surface area contributed by atoms with Crippen molar-refractivity contribution in [2.24, 2.45) is 11.7 Å². The zero-order valence-corrected chi connectivity index (χ0v) is 12.4. The lowest BCUT2D eigenvalue weighted by Gasteiger charge is -2.23. The van der Waals surface area contributed by atoms with Crippen LogP contribution in [0.4, 0.5) is 4.79 Å². The first kappa shape index (κ1) is 17.0. The Balaban J connectivity index is 2.59. The molecule has 116 valence electrons. The van der Waals surface area contributed by atoms with Crippen LogP contribution in [0.25, 0.3) is 0 Å². The number of hydrogen-bond acceptors (Lipinski definition) is 3. The third-order valence-electron chi connectivity index (χ3n) is 3.45. The normalized spacial score (nSPS) is 14.8. The summed E-state index contributed by atoms with van der Waals surface area (Å²) in [5, 5.41) is 15.1. The van der Waals surface area contributed by atoms with E-state index in [0.717, 1.165) is 12.0 Å². The van der Waals surface area contributed by atoms with Gasteiger partial charge in [-0.3, -0.25) is 4.79 Å². The summed E-state index contributed by atoms with van der Waals surface area (Å²) in [5.41, 5.74) is 5.81. The van der Waals surface area contributed by atoms with Crippen molar-refractivity contribution >= 4 is 11.9 Å². The lowest BCUT2D eigenvalue weighted by atomic mass is 9.98. The molecule has 1 rings (SSSR count). The quantitative estimate of drug-likeness (QED) is 0.601. The Morgan fingerprint density at radius 3 is 2.43 bits per heavy atom. The summed E-state index contributed by atoms with van der Waals surface area (Å²) in [6.45, 7) is 3.86. The van der Waals surface area contributed by atoms with E-state index in [9.17, 15) is 14.7 Å². The van der Waals surface area contributed by atoms with E-state index in [4.69, 9.17) is 5.73 Å². The molecule has 0 heterocycles. The summed E-state index contributed by atoms with van der Waals surface area (Å²) in [6.07, 6.45) is -0.0686.